The highest BCUT2D eigenvalue weighted by Gasteiger charge is 2.15. The first kappa shape index (κ1) is 15.0. The maximum absolute atomic E-state index is 13.5. The lowest BCUT2D eigenvalue weighted by atomic mass is 10.1. The molecule has 0 unspecified atom stereocenters. The molecule has 110 valence electrons. The Labute approximate surface area is 120 Å². The quantitative estimate of drug-likeness (QED) is 0.918. The molecule has 1 N–H and O–H groups in total. The Morgan fingerprint density at radius 3 is 2.40 bits per heavy atom. The van der Waals surface area contributed by atoms with E-state index >= 15 is 0 Å². The molecular formula is C16H23FN2O. The number of aryl methyl sites for hydroxylation is 2. The maximum Gasteiger partial charge on any atom is 0.236 e. The van der Waals surface area contributed by atoms with Crippen LogP contribution >= 0.6 is 0 Å². The molecule has 0 atom stereocenters. The molecule has 0 bridgehead atoms. The third-order valence-corrected chi connectivity index (χ3v) is 3.81. The molecule has 0 saturated carbocycles. The van der Waals surface area contributed by atoms with Crippen molar-refractivity contribution in [2.45, 2.75) is 39.7 Å². The van der Waals surface area contributed by atoms with Crippen LogP contribution in [0.1, 0.15) is 36.0 Å². The average molecular weight is 278 g/mol. The first-order valence-corrected chi connectivity index (χ1v) is 7.32. The molecule has 1 aromatic carbocycles. The fourth-order valence-corrected chi connectivity index (χ4v) is 2.71. The van der Waals surface area contributed by atoms with Crippen molar-refractivity contribution in [3.05, 3.63) is 34.6 Å². The Balaban J connectivity index is 1.82. The standard InChI is InChI=1S/C16H23FN2O/c1-12-8-14(9-13(2)16(12)17)10-18-11-15(20)19-6-4-3-5-7-19/h8-9,18H,3-7,10-11H2,1-2H3. The zero-order chi connectivity index (χ0) is 14.5. The molecule has 1 aliphatic rings. The number of nitrogens with one attached hydrogen (secondary N) is 1. The number of nitrogens with zero attached hydrogens (tertiary/aromatic N) is 1. The van der Waals surface area contributed by atoms with Gasteiger partial charge < -0.3 is 10.2 Å². The van der Waals surface area contributed by atoms with Crippen LogP contribution in [0.15, 0.2) is 12.1 Å². The van der Waals surface area contributed by atoms with Crippen molar-refractivity contribution in [1.29, 1.82) is 0 Å². The summed E-state index contributed by atoms with van der Waals surface area (Å²) in [6.45, 7) is 6.26. The van der Waals surface area contributed by atoms with E-state index in [2.05, 4.69) is 5.32 Å². The van der Waals surface area contributed by atoms with Gasteiger partial charge in [-0.2, -0.15) is 0 Å². The number of halogens is 1. The second-order valence-electron chi connectivity index (χ2n) is 5.59. The Hall–Kier alpha value is -1.42. The average Bonchev–Trinajstić information content (AvgIpc) is 2.45. The summed E-state index contributed by atoms with van der Waals surface area (Å²) in [5.41, 5.74) is 2.33. The highest BCUT2D eigenvalue weighted by molar-refractivity contribution is 5.78. The van der Waals surface area contributed by atoms with Crippen molar-refractivity contribution in [2.75, 3.05) is 19.6 Å². The first-order chi connectivity index (χ1) is 9.58. The molecule has 1 fully saturated rings. The molecule has 3 nitrogen and oxygen atoms in total. The molecule has 1 aromatic rings. The predicted octanol–water partition coefficient (Wildman–Crippen LogP) is 2.54. The highest BCUT2D eigenvalue weighted by Crippen LogP contribution is 2.14. The number of likely N-dealkylation sites (tertiary alicyclic amines) is 1. The zero-order valence-corrected chi connectivity index (χ0v) is 12.3. The zero-order valence-electron chi connectivity index (χ0n) is 12.3. The molecule has 20 heavy (non-hydrogen) atoms. The molecule has 2 rings (SSSR count). The number of hydrogen-bond donors (Lipinski definition) is 1. The third kappa shape index (κ3) is 3.79. The molecule has 1 aliphatic heterocycles. The lowest BCUT2D eigenvalue weighted by molar-refractivity contribution is -0.131. The van der Waals surface area contributed by atoms with Crippen molar-refractivity contribution in [3.8, 4) is 0 Å². The van der Waals surface area contributed by atoms with Crippen molar-refractivity contribution in [2.24, 2.45) is 0 Å². The van der Waals surface area contributed by atoms with Gasteiger partial charge in [-0.3, -0.25) is 4.79 Å². The van der Waals surface area contributed by atoms with E-state index < -0.39 is 0 Å². The SMILES string of the molecule is Cc1cc(CNCC(=O)N2CCCCC2)cc(C)c1F. The van der Waals surface area contributed by atoms with Crippen LogP contribution in [0.3, 0.4) is 0 Å². The summed E-state index contributed by atoms with van der Waals surface area (Å²) in [5, 5.41) is 3.16. The van der Waals surface area contributed by atoms with Crippen LogP contribution in [0.5, 0.6) is 0 Å². The summed E-state index contributed by atoms with van der Waals surface area (Å²) < 4.78 is 13.5. The summed E-state index contributed by atoms with van der Waals surface area (Å²) >= 11 is 0. The van der Waals surface area contributed by atoms with Gasteiger partial charge in [0.25, 0.3) is 0 Å². The summed E-state index contributed by atoms with van der Waals surface area (Å²) in [6, 6.07) is 3.67. The second-order valence-corrected chi connectivity index (χ2v) is 5.59. The van der Waals surface area contributed by atoms with Crippen LogP contribution in [-0.2, 0) is 11.3 Å². The van der Waals surface area contributed by atoms with Crippen LogP contribution in [0.4, 0.5) is 4.39 Å². The largest absolute Gasteiger partial charge is 0.342 e. The van der Waals surface area contributed by atoms with Crippen molar-refractivity contribution >= 4 is 5.91 Å². The maximum atomic E-state index is 13.5. The molecule has 0 aromatic heterocycles. The highest BCUT2D eigenvalue weighted by atomic mass is 19.1. The van der Waals surface area contributed by atoms with Gasteiger partial charge in [0.1, 0.15) is 5.82 Å². The minimum Gasteiger partial charge on any atom is -0.342 e. The summed E-state index contributed by atoms with van der Waals surface area (Å²) in [5.74, 6) is 0.0263. The van der Waals surface area contributed by atoms with Crippen molar-refractivity contribution < 1.29 is 9.18 Å². The Morgan fingerprint density at radius 2 is 1.80 bits per heavy atom. The van der Waals surface area contributed by atoms with E-state index in [1.54, 1.807) is 13.8 Å². The number of rotatable bonds is 4. The minimum absolute atomic E-state index is 0.141. The third-order valence-electron chi connectivity index (χ3n) is 3.81. The number of carbonyl (C=O) groups excluding carboxylic acids is 1. The van der Waals surface area contributed by atoms with E-state index in [-0.39, 0.29) is 11.7 Å². The molecule has 0 aliphatic carbocycles. The molecular weight excluding hydrogens is 255 g/mol. The minimum atomic E-state index is -0.141. The van der Waals surface area contributed by atoms with E-state index in [0.29, 0.717) is 24.2 Å². The Kier molecular flexibility index (Phi) is 5.12. The Morgan fingerprint density at radius 1 is 1.20 bits per heavy atom. The molecule has 0 radical (unpaired) electrons. The van der Waals surface area contributed by atoms with Gasteiger partial charge in [-0.1, -0.05) is 12.1 Å². The fraction of sp³-hybridized carbons (Fsp3) is 0.562. The summed E-state index contributed by atoms with van der Waals surface area (Å²) in [6.07, 6.45) is 3.45. The van der Waals surface area contributed by atoms with Gasteiger partial charge in [0.05, 0.1) is 6.54 Å². The van der Waals surface area contributed by atoms with Gasteiger partial charge >= 0.3 is 0 Å². The predicted molar refractivity (Wildman–Crippen MR) is 78.0 cm³/mol. The summed E-state index contributed by atoms with van der Waals surface area (Å²) in [4.78, 5) is 13.9. The normalized spacial score (nSPS) is 15.4. The van der Waals surface area contributed by atoms with Gasteiger partial charge in [-0.05, 0) is 49.8 Å². The van der Waals surface area contributed by atoms with Gasteiger partial charge in [-0.15, -0.1) is 0 Å². The van der Waals surface area contributed by atoms with Crippen LogP contribution < -0.4 is 5.32 Å². The topological polar surface area (TPSA) is 32.3 Å². The summed E-state index contributed by atoms with van der Waals surface area (Å²) in [7, 11) is 0. The number of benzene rings is 1. The van der Waals surface area contributed by atoms with Gasteiger partial charge in [0, 0.05) is 19.6 Å². The van der Waals surface area contributed by atoms with Crippen molar-refractivity contribution in [1.82, 2.24) is 10.2 Å². The smallest absolute Gasteiger partial charge is 0.236 e. The van der Waals surface area contributed by atoms with Crippen LogP contribution in [-0.4, -0.2) is 30.4 Å². The number of piperidine rings is 1. The van der Waals surface area contributed by atoms with E-state index in [0.717, 1.165) is 31.5 Å². The molecule has 1 amide bonds. The second kappa shape index (κ2) is 6.84. The monoisotopic (exact) mass is 278 g/mol. The lowest BCUT2D eigenvalue weighted by Crippen LogP contribution is -2.40. The van der Waals surface area contributed by atoms with Crippen LogP contribution in [0, 0.1) is 19.7 Å². The number of amides is 1. The van der Waals surface area contributed by atoms with Gasteiger partial charge in [0.15, 0.2) is 0 Å². The molecule has 4 heteroatoms. The lowest BCUT2D eigenvalue weighted by Gasteiger charge is -2.26. The molecule has 0 spiro atoms. The van der Waals surface area contributed by atoms with E-state index in [1.165, 1.54) is 6.42 Å². The van der Waals surface area contributed by atoms with Gasteiger partial charge in [-0.25, -0.2) is 4.39 Å². The number of hydrogen-bond acceptors (Lipinski definition) is 2. The van der Waals surface area contributed by atoms with E-state index in [1.807, 2.05) is 17.0 Å². The van der Waals surface area contributed by atoms with Crippen molar-refractivity contribution in [3.63, 3.8) is 0 Å². The van der Waals surface area contributed by atoms with E-state index in [4.69, 9.17) is 0 Å². The fourth-order valence-electron chi connectivity index (χ4n) is 2.71. The van der Waals surface area contributed by atoms with Crippen LogP contribution in [0.2, 0.25) is 0 Å². The Bertz CT molecular complexity index is 458. The molecule has 1 heterocycles. The molecule has 1 saturated heterocycles. The van der Waals surface area contributed by atoms with Crippen LogP contribution in [0.25, 0.3) is 0 Å². The van der Waals surface area contributed by atoms with E-state index in [9.17, 15) is 9.18 Å². The number of carbonyl (C=O) groups is 1. The first-order valence-electron chi connectivity index (χ1n) is 7.32. The van der Waals surface area contributed by atoms with Gasteiger partial charge in [0.2, 0.25) is 5.91 Å².